The van der Waals surface area contributed by atoms with Crippen LogP contribution in [0.1, 0.15) is 40.2 Å². The van der Waals surface area contributed by atoms with Gasteiger partial charge in [0, 0.05) is 23.5 Å². The van der Waals surface area contributed by atoms with E-state index in [9.17, 15) is 0 Å². The number of benzene rings is 1. The Morgan fingerprint density at radius 2 is 1.82 bits per heavy atom. The molecule has 0 atom stereocenters. The topological polar surface area (TPSA) is 56.7 Å². The van der Waals surface area contributed by atoms with Gasteiger partial charge in [-0.2, -0.15) is 5.10 Å². The summed E-state index contributed by atoms with van der Waals surface area (Å²) < 4.78 is 1.89. The summed E-state index contributed by atoms with van der Waals surface area (Å²) in [7, 11) is 0. The fraction of sp³-hybridized carbons (Fsp3) is 0.333. The van der Waals surface area contributed by atoms with Crippen LogP contribution in [-0.4, -0.2) is 14.8 Å². The lowest BCUT2D eigenvalue weighted by Gasteiger charge is -2.06. The first-order chi connectivity index (χ1) is 10.8. The molecule has 0 saturated carbocycles. The number of fused-ring (bicyclic) bond motifs is 1. The second-order valence-corrected chi connectivity index (χ2v) is 4.25. The Morgan fingerprint density at radius 3 is 2.45 bits per heavy atom. The highest BCUT2D eigenvalue weighted by molar-refractivity contribution is 5.88. The van der Waals surface area contributed by atoms with Crippen LogP contribution in [0.4, 0.5) is 5.69 Å². The number of hydrogen-bond donors (Lipinski definition) is 1. The van der Waals surface area contributed by atoms with Crippen LogP contribution in [0.25, 0.3) is 16.6 Å². The highest BCUT2D eigenvalue weighted by Gasteiger charge is 2.05. The second-order valence-electron chi connectivity index (χ2n) is 4.25. The van der Waals surface area contributed by atoms with Crippen molar-refractivity contribution in [3.63, 3.8) is 0 Å². The van der Waals surface area contributed by atoms with Gasteiger partial charge in [0.2, 0.25) is 0 Å². The molecule has 0 radical (unpaired) electrons. The molecule has 118 valence electrons. The summed E-state index contributed by atoms with van der Waals surface area (Å²) in [6.45, 7) is 10.1. The van der Waals surface area contributed by atoms with Gasteiger partial charge in [-0.25, -0.2) is 4.68 Å². The number of rotatable bonds is 2. The van der Waals surface area contributed by atoms with Crippen molar-refractivity contribution < 1.29 is 0 Å². The zero-order valence-corrected chi connectivity index (χ0v) is 14.2. The predicted octanol–water partition coefficient (Wildman–Crippen LogP) is 4.62. The van der Waals surface area contributed by atoms with E-state index in [1.165, 1.54) is 5.56 Å². The Morgan fingerprint density at radius 1 is 1.09 bits per heavy atom. The van der Waals surface area contributed by atoms with Crippen LogP contribution in [0, 0.1) is 0 Å². The molecular formula is C18H26N4. The van der Waals surface area contributed by atoms with Gasteiger partial charge in [-0.15, -0.1) is 0 Å². The third-order valence-corrected chi connectivity index (χ3v) is 3.03. The molecule has 4 nitrogen and oxygen atoms in total. The molecule has 0 aliphatic rings. The quantitative estimate of drug-likeness (QED) is 0.702. The normalized spacial score (nSPS) is 9.50. The van der Waals surface area contributed by atoms with Crippen molar-refractivity contribution in [3.8, 4) is 5.69 Å². The number of nitrogens with zero attached hydrogens (tertiary/aromatic N) is 3. The zero-order chi connectivity index (χ0) is 16.5. The van der Waals surface area contributed by atoms with E-state index in [0.29, 0.717) is 0 Å². The van der Waals surface area contributed by atoms with Gasteiger partial charge in [0.1, 0.15) is 0 Å². The van der Waals surface area contributed by atoms with Crippen molar-refractivity contribution in [2.24, 2.45) is 0 Å². The number of anilines is 1. The Labute approximate surface area is 133 Å². The van der Waals surface area contributed by atoms with Gasteiger partial charge >= 0.3 is 0 Å². The SMILES string of the molecule is CC.CC.CCc1cnn(-c2ccnc3cc(N)ccc23)c1. The first-order valence-electron chi connectivity index (χ1n) is 7.96. The number of pyridine rings is 1. The molecule has 3 rings (SSSR count). The van der Waals surface area contributed by atoms with Crippen LogP contribution in [0.5, 0.6) is 0 Å². The van der Waals surface area contributed by atoms with Gasteiger partial charge < -0.3 is 5.73 Å². The Kier molecular flexibility index (Phi) is 7.09. The molecule has 0 amide bonds. The van der Waals surface area contributed by atoms with Crippen LogP contribution >= 0.6 is 0 Å². The summed E-state index contributed by atoms with van der Waals surface area (Å²) in [5, 5.41) is 5.44. The molecule has 0 unspecified atom stereocenters. The minimum Gasteiger partial charge on any atom is -0.399 e. The smallest absolute Gasteiger partial charge is 0.0755 e. The predicted molar refractivity (Wildman–Crippen MR) is 95.4 cm³/mol. The molecular weight excluding hydrogens is 272 g/mol. The van der Waals surface area contributed by atoms with Crippen LogP contribution in [-0.2, 0) is 6.42 Å². The van der Waals surface area contributed by atoms with Gasteiger partial charge in [-0.3, -0.25) is 4.98 Å². The summed E-state index contributed by atoms with van der Waals surface area (Å²) >= 11 is 0. The first-order valence-corrected chi connectivity index (χ1v) is 7.96. The van der Waals surface area contributed by atoms with Gasteiger partial charge in [0.15, 0.2) is 0 Å². The molecule has 0 fully saturated rings. The lowest BCUT2D eigenvalue weighted by atomic mass is 10.1. The molecule has 0 aliphatic carbocycles. The van der Waals surface area contributed by atoms with E-state index in [1.807, 2.05) is 69.0 Å². The average Bonchev–Trinajstić information content (AvgIpc) is 3.06. The van der Waals surface area contributed by atoms with E-state index in [-0.39, 0.29) is 0 Å². The van der Waals surface area contributed by atoms with E-state index >= 15 is 0 Å². The third-order valence-electron chi connectivity index (χ3n) is 3.03. The maximum Gasteiger partial charge on any atom is 0.0755 e. The molecule has 22 heavy (non-hydrogen) atoms. The molecule has 2 aromatic heterocycles. The monoisotopic (exact) mass is 298 g/mol. The van der Waals surface area contributed by atoms with E-state index < -0.39 is 0 Å². The van der Waals surface area contributed by atoms with Crippen molar-refractivity contribution in [3.05, 3.63) is 48.4 Å². The molecule has 0 bridgehead atoms. The minimum absolute atomic E-state index is 0.724. The Bertz CT molecular complexity index is 701. The lowest BCUT2D eigenvalue weighted by Crippen LogP contribution is -1.97. The van der Waals surface area contributed by atoms with E-state index in [2.05, 4.69) is 17.0 Å². The van der Waals surface area contributed by atoms with E-state index in [1.54, 1.807) is 6.20 Å². The summed E-state index contributed by atoms with van der Waals surface area (Å²) in [6, 6.07) is 7.71. The Hall–Kier alpha value is -2.36. The molecule has 4 heteroatoms. The van der Waals surface area contributed by atoms with Crippen molar-refractivity contribution in [1.82, 2.24) is 14.8 Å². The number of nitrogens with two attached hydrogens (primary N) is 1. The summed E-state index contributed by atoms with van der Waals surface area (Å²) in [5.41, 5.74) is 9.64. The van der Waals surface area contributed by atoms with Gasteiger partial charge in [0.25, 0.3) is 0 Å². The van der Waals surface area contributed by atoms with Crippen LogP contribution in [0.3, 0.4) is 0 Å². The maximum atomic E-state index is 5.78. The second kappa shape index (κ2) is 8.82. The summed E-state index contributed by atoms with van der Waals surface area (Å²) in [4.78, 5) is 4.33. The largest absolute Gasteiger partial charge is 0.399 e. The number of aromatic nitrogens is 3. The molecule has 0 saturated heterocycles. The van der Waals surface area contributed by atoms with E-state index in [0.717, 1.165) is 28.7 Å². The van der Waals surface area contributed by atoms with Crippen molar-refractivity contribution in [2.75, 3.05) is 5.73 Å². The molecule has 0 aliphatic heterocycles. The van der Waals surface area contributed by atoms with Gasteiger partial charge in [-0.05, 0) is 36.2 Å². The fourth-order valence-electron chi connectivity index (χ4n) is 2.02. The molecule has 0 spiro atoms. The van der Waals surface area contributed by atoms with Crippen molar-refractivity contribution >= 4 is 16.6 Å². The summed E-state index contributed by atoms with van der Waals surface area (Å²) in [6.07, 6.45) is 6.70. The fourth-order valence-corrected chi connectivity index (χ4v) is 2.02. The number of aryl methyl sites for hydroxylation is 1. The minimum atomic E-state index is 0.724. The van der Waals surface area contributed by atoms with Crippen molar-refractivity contribution in [1.29, 1.82) is 0 Å². The Balaban J connectivity index is 0.000000561. The van der Waals surface area contributed by atoms with Gasteiger partial charge in [-0.1, -0.05) is 34.6 Å². The average molecular weight is 298 g/mol. The van der Waals surface area contributed by atoms with Gasteiger partial charge in [0.05, 0.1) is 17.4 Å². The number of hydrogen-bond acceptors (Lipinski definition) is 3. The number of nitrogen functional groups attached to an aromatic ring is 1. The van der Waals surface area contributed by atoms with Crippen LogP contribution in [0.15, 0.2) is 42.9 Å². The van der Waals surface area contributed by atoms with Crippen molar-refractivity contribution in [2.45, 2.75) is 41.0 Å². The highest BCUT2D eigenvalue weighted by Crippen LogP contribution is 2.22. The van der Waals surface area contributed by atoms with Crippen LogP contribution < -0.4 is 5.73 Å². The van der Waals surface area contributed by atoms with Crippen LogP contribution in [0.2, 0.25) is 0 Å². The first kappa shape index (κ1) is 17.7. The third kappa shape index (κ3) is 3.85. The maximum absolute atomic E-state index is 5.78. The molecule has 2 heterocycles. The van der Waals surface area contributed by atoms with E-state index in [4.69, 9.17) is 5.73 Å². The molecule has 2 N–H and O–H groups in total. The molecule has 3 aromatic rings. The summed E-state index contributed by atoms with van der Waals surface area (Å²) in [5.74, 6) is 0. The zero-order valence-electron chi connectivity index (χ0n) is 14.2. The molecule has 1 aromatic carbocycles. The lowest BCUT2D eigenvalue weighted by molar-refractivity contribution is 0.885. The highest BCUT2D eigenvalue weighted by atomic mass is 15.3. The standard InChI is InChI=1S/C14H14N4.2C2H6/c1-2-10-8-17-18(9-10)14-5-6-16-13-7-11(15)3-4-12(13)14;2*1-2/h3-9H,2,15H2,1H3;2*1-2H3.